The van der Waals surface area contributed by atoms with E-state index in [0.717, 1.165) is 32.5 Å². The van der Waals surface area contributed by atoms with Gasteiger partial charge in [-0.15, -0.1) is 0 Å². The van der Waals surface area contributed by atoms with Crippen LogP contribution in [-0.4, -0.2) is 36.3 Å². The first-order valence-electron chi connectivity index (χ1n) is 10.2. The number of amides is 2. The molecule has 0 atom stereocenters. The van der Waals surface area contributed by atoms with Gasteiger partial charge in [0.2, 0.25) is 0 Å². The topological polar surface area (TPSA) is 61.4 Å². The first-order valence-corrected chi connectivity index (χ1v) is 10.2. The van der Waals surface area contributed by atoms with Crippen LogP contribution in [0.1, 0.15) is 58.9 Å². The second kappa shape index (κ2) is 10.0. The van der Waals surface area contributed by atoms with Gasteiger partial charge < -0.3 is 10.6 Å². The third-order valence-electron chi connectivity index (χ3n) is 5.06. The second-order valence-corrected chi connectivity index (χ2v) is 7.29. The highest BCUT2D eigenvalue weighted by Gasteiger charge is 2.15. The SMILES string of the molecule is CCCCNC(=O)c1ccccc1NC(=O)c1ccc(CN2CCCC2)cc1. The van der Waals surface area contributed by atoms with Gasteiger partial charge in [0.25, 0.3) is 11.8 Å². The zero-order valence-corrected chi connectivity index (χ0v) is 16.5. The number of nitrogens with one attached hydrogen (secondary N) is 2. The number of hydrogen-bond acceptors (Lipinski definition) is 3. The van der Waals surface area contributed by atoms with Crippen LogP contribution in [0.15, 0.2) is 48.5 Å². The lowest BCUT2D eigenvalue weighted by molar-refractivity contribution is 0.0954. The molecule has 0 aromatic heterocycles. The summed E-state index contributed by atoms with van der Waals surface area (Å²) in [5.41, 5.74) is 2.82. The molecular formula is C23H29N3O2. The summed E-state index contributed by atoms with van der Waals surface area (Å²) in [6.45, 7) is 5.95. The Morgan fingerprint density at radius 2 is 1.68 bits per heavy atom. The first kappa shape index (κ1) is 20.1. The van der Waals surface area contributed by atoms with Crippen LogP contribution >= 0.6 is 0 Å². The highest BCUT2D eigenvalue weighted by molar-refractivity contribution is 6.09. The maximum atomic E-state index is 12.7. The number of rotatable bonds is 8. The Bertz CT molecular complexity index is 796. The standard InChI is InChI=1S/C23H29N3O2/c1-2-3-14-24-23(28)20-8-4-5-9-21(20)25-22(27)19-12-10-18(11-13-19)17-26-15-6-7-16-26/h4-5,8-13H,2-3,6-7,14-17H2,1H3,(H,24,28)(H,25,27). The van der Waals surface area contributed by atoms with Gasteiger partial charge in [-0.05, 0) is 62.2 Å². The highest BCUT2D eigenvalue weighted by atomic mass is 16.2. The van der Waals surface area contributed by atoms with Crippen molar-refractivity contribution in [2.45, 2.75) is 39.2 Å². The molecule has 2 amide bonds. The van der Waals surface area contributed by atoms with Crippen LogP contribution in [0.25, 0.3) is 0 Å². The zero-order chi connectivity index (χ0) is 19.8. The van der Waals surface area contributed by atoms with E-state index in [0.29, 0.717) is 23.4 Å². The average molecular weight is 380 g/mol. The van der Waals surface area contributed by atoms with Crippen LogP contribution < -0.4 is 10.6 Å². The fourth-order valence-corrected chi connectivity index (χ4v) is 3.42. The lowest BCUT2D eigenvalue weighted by Gasteiger charge is -2.15. The summed E-state index contributed by atoms with van der Waals surface area (Å²) in [7, 11) is 0. The van der Waals surface area contributed by atoms with Gasteiger partial charge in [-0.3, -0.25) is 14.5 Å². The van der Waals surface area contributed by atoms with Crippen molar-refractivity contribution in [2.75, 3.05) is 25.0 Å². The van der Waals surface area contributed by atoms with Crippen LogP contribution in [0.3, 0.4) is 0 Å². The summed E-state index contributed by atoms with van der Waals surface area (Å²) in [6, 6.07) is 14.8. The molecule has 5 nitrogen and oxygen atoms in total. The van der Waals surface area contributed by atoms with Gasteiger partial charge >= 0.3 is 0 Å². The molecule has 2 aromatic carbocycles. The molecule has 0 aliphatic carbocycles. The minimum atomic E-state index is -0.207. The predicted molar refractivity (Wildman–Crippen MR) is 113 cm³/mol. The van der Waals surface area contributed by atoms with Crippen molar-refractivity contribution in [3.63, 3.8) is 0 Å². The molecule has 1 fully saturated rings. The molecule has 0 spiro atoms. The minimum Gasteiger partial charge on any atom is -0.352 e. The number of benzene rings is 2. The third kappa shape index (κ3) is 5.42. The smallest absolute Gasteiger partial charge is 0.255 e. The Labute approximate surface area is 167 Å². The molecule has 1 saturated heterocycles. The Kier molecular flexibility index (Phi) is 7.20. The molecular weight excluding hydrogens is 350 g/mol. The zero-order valence-electron chi connectivity index (χ0n) is 16.5. The van der Waals surface area contributed by atoms with Crippen molar-refractivity contribution in [3.8, 4) is 0 Å². The number of carbonyl (C=O) groups is 2. The molecule has 1 heterocycles. The van der Waals surface area contributed by atoms with Gasteiger partial charge in [0.1, 0.15) is 0 Å². The van der Waals surface area contributed by atoms with E-state index in [1.54, 1.807) is 18.2 Å². The molecule has 0 bridgehead atoms. The van der Waals surface area contributed by atoms with Gasteiger partial charge in [0.05, 0.1) is 11.3 Å². The number of carbonyl (C=O) groups excluding carboxylic acids is 2. The van der Waals surface area contributed by atoms with Gasteiger partial charge in [0.15, 0.2) is 0 Å². The van der Waals surface area contributed by atoms with Gasteiger partial charge in [0, 0.05) is 18.7 Å². The molecule has 5 heteroatoms. The van der Waals surface area contributed by atoms with E-state index < -0.39 is 0 Å². The highest BCUT2D eigenvalue weighted by Crippen LogP contribution is 2.17. The van der Waals surface area contributed by atoms with Crippen LogP contribution in [0, 0.1) is 0 Å². The molecule has 0 saturated carbocycles. The molecule has 0 radical (unpaired) electrons. The summed E-state index contributed by atoms with van der Waals surface area (Å²) >= 11 is 0. The average Bonchev–Trinajstić information content (AvgIpc) is 3.22. The Morgan fingerprint density at radius 1 is 0.964 bits per heavy atom. The molecule has 1 aliphatic rings. The van der Waals surface area contributed by atoms with E-state index in [-0.39, 0.29) is 11.8 Å². The van der Waals surface area contributed by atoms with Crippen molar-refractivity contribution in [1.82, 2.24) is 10.2 Å². The molecule has 1 aliphatic heterocycles. The van der Waals surface area contributed by atoms with Gasteiger partial charge in [-0.2, -0.15) is 0 Å². The number of hydrogen-bond donors (Lipinski definition) is 2. The fourth-order valence-electron chi connectivity index (χ4n) is 3.42. The van der Waals surface area contributed by atoms with Crippen molar-refractivity contribution in [1.29, 1.82) is 0 Å². The lowest BCUT2D eigenvalue weighted by atomic mass is 10.1. The summed E-state index contributed by atoms with van der Waals surface area (Å²) < 4.78 is 0. The van der Waals surface area contributed by atoms with Crippen LogP contribution in [0.4, 0.5) is 5.69 Å². The molecule has 28 heavy (non-hydrogen) atoms. The van der Waals surface area contributed by atoms with E-state index in [1.165, 1.54) is 18.4 Å². The third-order valence-corrected chi connectivity index (χ3v) is 5.06. The Morgan fingerprint density at radius 3 is 2.39 bits per heavy atom. The maximum Gasteiger partial charge on any atom is 0.255 e. The largest absolute Gasteiger partial charge is 0.352 e. The monoisotopic (exact) mass is 379 g/mol. The normalized spacial score (nSPS) is 14.0. The Balaban J connectivity index is 1.63. The van der Waals surface area contributed by atoms with Crippen LogP contribution in [-0.2, 0) is 6.54 Å². The van der Waals surface area contributed by atoms with E-state index in [1.807, 2.05) is 30.3 Å². The number of anilines is 1. The second-order valence-electron chi connectivity index (χ2n) is 7.29. The fraction of sp³-hybridized carbons (Fsp3) is 0.391. The molecule has 0 unspecified atom stereocenters. The number of unbranched alkanes of at least 4 members (excludes halogenated alkanes) is 1. The molecule has 148 valence electrons. The van der Waals surface area contributed by atoms with Crippen molar-refractivity contribution < 1.29 is 9.59 Å². The summed E-state index contributed by atoms with van der Waals surface area (Å²) in [4.78, 5) is 27.5. The van der Waals surface area contributed by atoms with Crippen LogP contribution in [0.2, 0.25) is 0 Å². The number of nitrogens with zero attached hydrogens (tertiary/aromatic N) is 1. The van der Waals surface area contributed by atoms with E-state index in [4.69, 9.17) is 0 Å². The van der Waals surface area contributed by atoms with Gasteiger partial charge in [-0.25, -0.2) is 0 Å². The quantitative estimate of drug-likeness (QED) is 0.680. The molecule has 2 aromatic rings. The summed E-state index contributed by atoms with van der Waals surface area (Å²) in [5, 5.41) is 5.78. The van der Waals surface area contributed by atoms with Crippen LogP contribution in [0.5, 0.6) is 0 Å². The van der Waals surface area contributed by atoms with Crippen molar-refractivity contribution in [2.24, 2.45) is 0 Å². The Hall–Kier alpha value is -2.66. The van der Waals surface area contributed by atoms with E-state index in [2.05, 4.69) is 22.5 Å². The predicted octanol–water partition coefficient (Wildman–Crippen LogP) is 4.06. The maximum absolute atomic E-state index is 12.7. The molecule has 2 N–H and O–H groups in total. The number of likely N-dealkylation sites (tertiary alicyclic amines) is 1. The first-order chi connectivity index (χ1) is 13.7. The summed E-state index contributed by atoms with van der Waals surface area (Å²) in [6.07, 6.45) is 4.49. The van der Waals surface area contributed by atoms with Crippen molar-refractivity contribution >= 4 is 17.5 Å². The minimum absolute atomic E-state index is 0.162. The summed E-state index contributed by atoms with van der Waals surface area (Å²) in [5.74, 6) is -0.369. The van der Waals surface area contributed by atoms with E-state index >= 15 is 0 Å². The lowest BCUT2D eigenvalue weighted by Crippen LogP contribution is -2.26. The van der Waals surface area contributed by atoms with E-state index in [9.17, 15) is 9.59 Å². The number of para-hydroxylation sites is 1. The molecule has 3 rings (SSSR count). The van der Waals surface area contributed by atoms with Gasteiger partial charge in [-0.1, -0.05) is 37.6 Å². The van der Waals surface area contributed by atoms with Crippen molar-refractivity contribution in [3.05, 3.63) is 65.2 Å².